The standard InChI is InChI=1S/C15H22N4O2/c1-3-6-16-13-8-11(7-10(2)18-13)15(21)19-12-4-5-14(20)17-9-12/h7-8,12H,3-6,9H2,1-2H3,(H,16,18)(H,17,20)(H,19,21). The van der Waals surface area contributed by atoms with E-state index < -0.39 is 0 Å². The highest BCUT2D eigenvalue weighted by molar-refractivity contribution is 5.95. The van der Waals surface area contributed by atoms with Gasteiger partial charge in [-0.15, -0.1) is 0 Å². The monoisotopic (exact) mass is 290 g/mol. The van der Waals surface area contributed by atoms with Gasteiger partial charge >= 0.3 is 0 Å². The van der Waals surface area contributed by atoms with E-state index in [4.69, 9.17) is 0 Å². The van der Waals surface area contributed by atoms with Crippen molar-refractivity contribution >= 4 is 17.6 Å². The normalized spacial score (nSPS) is 18.0. The van der Waals surface area contributed by atoms with Crippen LogP contribution in [0.3, 0.4) is 0 Å². The van der Waals surface area contributed by atoms with Crippen LogP contribution in [0.1, 0.15) is 42.2 Å². The first-order valence-corrected chi connectivity index (χ1v) is 7.38. The smallest absolute Gasteiger partial charge is 0.251 e. The van der Waals surface area contributed by atoms with Crippen molar-refractivity contribution < 1.29 is 9.59 Å². The summed E-state index contributed by atoms with van der Waals surface area (Å²) in [7, 11) is 0. The summed E-state index contributed by atoms with van der Waals surface area (Å²) in [6.45, 7) is 5.27. The molecule has 1 fully saturated rings. The van der Waals surface area contributed by atoms with Crippen molar-refractivity contribution in [1.82, 2.24) is 15.6 Å². The molecule has 1 unspecified atom stereocenters. The SMILES string of the molecule is CCCNc1cc(C(=O)NC2CCC(=O)NC2)cc(C)n1. The minimum atomic E-state index is -0.124. The first kappa shape index (κ1) is 15.3. The molecule has 1 aliphatic heterocycles. The average Bonchev–Trinajstić information content (AvgIpc) is 2.47. The minimum Gasteiger partial charge on any atom is -0.370 e. The lowest BCUT2D eigenvalue weighted by molar-refractivity contribution is -0.122. The second kappa shape index (κ2) is 7.06. The van der Waals surface area contributed by atoms with E-state index >= 15 is 0 Å². The number of amides is 2. The van der Waals surface area contributed by atoms with Gasteiger partial charge in [0.15, 0.2) is 0 Å². The molecule has 1 aliphatic rings. The molecule has 2 rings (SSSR count). The number of aromatic nitrogens is 1. The molecule has 2 amide bonds. The number of piperidine rings is 1. The predicted molar refractivity (Wildman–Crippen MR) is 81.3 cm³/mol. The molecule has 0 radical (unpaired) electrons. The number of nitrogens with one attached hydrogen (secondary N) is 3. The van der Waals surface area contributed by atoms with Crippen molar-refractivity contribution in [3.05, 3.63) is 23.4 Å². The van der Waals surface area contributed by atoms with Crippen LogP contribution in [0, 0.1) is 6.92 Å². The molecule has 0 aliphatic carbocycles. The number of pyridine rings is 1. The number of hydrogen-bond donors (Lipinski definition) is 3. The van der Waals surface area contributed by atoms with Crippen molar-refractivity contribution in [2.75, 3.05) is 18.4 Å². The van der Waals surface area contributed by atoms with Gasteiger partial charge in [0.2, 0.25) is 5.91 Å². The second-order valence-electron chi connectivity index (χ2n) is 5.32. The highest BCUT2D eigenvalue weighted by Gasteiger charge is 2.20. The van der Waals surface area contributed by atoms with E-state index in [0.29, 0.717) is 24.9 Å². The van der Waals surface area contributed by atoms with Gasteiger partial charge in [-0.05, 0) is 31.9 Å². The third-order valence-corrected chi connectivity index (χ3v) is 3.37. The lowest BCUT2D eigenvalue weighted by Gasteiger charge is -2.23. The zero-order valence-corrected chi connectivity index (χ0v) is 12.5. The molecule has 6 heteroatoms. The molecule has 21 heavy (non-hydrogen) atoms. The van der Waals surface area contributed by atoms with Crippen LogP contribution >= 0.6 is 0 Å². The zero-order chi connectivity index (χ0) is 15.2. The largest absolute Gasteiger partial charge is 0.370 e. The van der Waals surface area contributed by atoms with E-state index in [1.165, 1.54) is 0 Å². The highest BCUT2D eigenvalue weighted by atomic mass is 16.2. The summed E-state index contributed by atoms with van der Waals surface area (Å²) in [6.07, 6.45) is 2.14. The summed E-state index contributed by atoms with van der Waals surface area (Å²) >= 11 is 0. The van der Waals surface area contributed by atoms with Gasteiger partial charge in [0.1, 0.15) is 5.82 Å². The van der Waals surface area contributed by atoms with Crippen LogP contribution in [0.15, 0.2) is 12.1 Å². The molecule has 1 aromatic rings. The number of nitrogens with zero attached hydrogens (tertiary/aromatic N) is 1. The van der Waals surface area contributed by atoms with Gasteiger partial charge in [0.25, 0.3) is 5.91 Å². The Morgan fingerprint density at radius 3 is 2.95 bits per heavy atom. The Hall–Kier alpha value is -2.11. The van der Waals surface area contributed by atoms with Crippen molar-refractivity contribution in [1.29, 1.82) is 0 Å². The van der Waals surface area contributed by atoms with Crippen molar-refractivity contribution in [2.24, 2.45) is 0 Å². The zero-order valence-electron chi connectivity index (χ0n) is 12.5. The molecule has 2 heterocycles. The number of rotatable bonds is 5. The molecule has 114 valence electrons. The van der Waals surface area contributed by atoms with Crippen LogP contribution < -0.4 is 16.0 Å². The Kier molecular flexibility index (Phi) is 5.14. The summed E-state index contributed by atoms with van der Waals surface area (Å²) in [5, 5.41) is 8.91. The van der Waals surface area contributed by atoms with Crippen LogP contribution in [0.25, 0.3) is 0 Å². The van der Waals surface area contributed by atoms with Crippen molar-refractivity contribution in [3.8, 4) is 0 Å². The average molecular weight is 290 g/mol. The molecular weight excluding hydrogens is 268 g/mol. The number of anilines is 1. The number of aryl methyl sites for hydroxylation is 1. The quantitative estimate of drug-likeness (QED) is 0.761. The Balaban J connectivity index is 2.01. The van der Waals surface area contributed by atoms with E-state index in [-0.39, 0.29) is 17.9 Å². The molecule has 1 atom stereocenters. The Labute approximate surface area is 124 Å². The summed E-state index contributed by atoms with van der Waals surface area (Å²) in [6, 6.07) is 3.53. The molecule has 1 aromatic heterocycles. The van der Waals surface area contributed by atoms with Crippen LogP contribution in [0.2, 0.25) is 0 Å². The van der Waals surface area contributed by atoms with Crippen LogP contribution in [0.5, 0.6) is 0 Å². The molecule has 0 aromatic carbocycles. The molecular formula is C15H22N4O2. The fourth-order valence-corrected chi connectivity index (χ4v) is 2.27. The fourth-order valence-electron chi connectivity index (χ4n) is 2.27. The molecule has 3 N–H and O–H groups in total. The van der Waals surface area contributed by atoms with Gasteiger partial charge in [-0.3, -0.25) is 9.59 Å². The van der Waals surface area contributed by atoms with Gasteiger partial charge < -0.3 is 16.0 Å². The number of carbonyl (C=O) groups excluding carboxylic acids is 2. The lowest BCUT2D eigenvalue weighted by Crippen LogP contribution is -2.47. The summed E-state index contributed by atoms with van der Waals surface area (Å²) < 4.78 is 0. The number of hydrogen-bond acceptors (Lipinski definition) is 4. The Morgan fingerprint density at radius 2 is 2.29 bits per heavy atom. The lowest BCUT2D eigenvalue weighted by atomic mass is 10.1. The molecule has 0 spiro atoms. The van der Waals surface area contributed by atoms with E-state index in [1.807, 2.05) is 6.92 Å². The van der Waals surface area contributed by atoms with E-state index in [1.54, 1.807) is 12.1 Å². The maximum atomic E-state index is 12.3. The van der Waals surface area contributed by atoms with Gasteiger partial charge in [-0.2, -0.15) is 0 Å². The van der Waals surface area contributed by atoms with Crippen LogP contribution in [-0.2, 0) is 4.79 Å². The third kappa shape index (κ3) is 4.44. The third-order valence-electron chi connectivity index (χ3n) is 3.37. The maximum Gasteiger partial charge on any atom is 0.251 e. The van der Waals surface area contributed by atoms with Crippen molar-refractivity contribution in [2.45, 2.75) is 39.2 Å². The van der Waals surface area contributed by atoms with Gasteiger partial charge in [0.05, 0.1) is 0 Å². The van der Waals surface area contributed by atoms with E-state index in [2.05, 4.69) is 27.9 Å². The van der Waals surface area contributed by atoms with Crippen LogP contribution in [-0.4, -0.2) is 35.9 Å². The van der Waals surface area contributed by atoms with Gasteiger partial charge in [-0.25, -0.2) is 4.98 Å². The summed E-state index contributed by atoms with van der Waals surface area (Å²) in [5.74, 6) is 0.645. The maximum absolute atomic E-state index is 12.3. The minimum absolute atomic E-state index is 0.00396. The van der Waals surface area contributed by atoms with E-state index in [0.717, 1.165) is 24.5 Å². The predicted octanol–water partition coefficient (Wildman–Crippen LogP) is 1.22. The first-order chi connectivity index (χ1) is 10.1. The Bertz CT molecular complexity index is 520. The molecule has 0 saturated carbocycles. The molecule has 0 bridgehead atoms. The van der Waals surface area contributed by atoms with Crippen LogP contribution in [0.4, 0.5) is 5.82 Å². The van der Waals surface area contributed by atoms with Crippen molar-refractivity contribution in [3.63, 3.8) is 0 Å². The second-order valence-corrected chi connectivity index (χ2v) is 5.32. The molecule has 1 saturated heterocycles. The van der Waals surface area contributed by atoms with Gasteiger partial charge in [-0.1, -0.05) is 6.92 Å². The fraction of sp³-hybridized carbons (Fsp3) is 0.533. The summed E-state index contributed by atoms with van der Waals surface area (Å²) in [4.78, 5) is 27.8. The highest BCUT2D eigenvalue weighted by Crippen LogP contribution is 2.11. The summed E-state index contributed by atoms with van der Waals surface area (Å²) in [5.41, 5.74) is 1.40. The Morgan fingerprint density at radius 1 is 1.48 bits per heavy atom. The molecule has 6 nitrogen and oxygen atoms in total. The first-order valence-electron chi connectivity index (χ1n) is 7.38. The topological polar surface area (TPSA) is 83.1 Å². The number of carbonyl (C=O) groups is 2. The van der Waals surface area contributed by atoms with Gasteiger partial charge in [0, 0.05) is 36.8 Å². The van der Waals surface area contributed by atoms with E-state index in [9.17, 15) is 9.59 Å².